The minimum absolute atomic E-state index is 0.0350. The van der Waals surface area contributed by atoms with Crippen LogP contribution in [0.2, 0.25) is 0 Å². The summed E-state index contributed by atoms with van der Waals surface area (Å²) in [6, 6.07) is -0.401. The third-order valence-corrected chi connectivity index (χ3v) is 3.40. The molecule has 3 N–H and O–H groups in total. The molecule has 1 heterocycles. The van der Waals surface area contributed by atoms with E-state index in [1.807, 2.05) is 20.8 Å². The number of rotatable bonds is 5. The number of aliphatic carboxylic acids is 1. The lowest BCUT2D eigenvalue weighted by Crippen LogP contribution is -2.29. The molecule has 7 nitrogen and oxygen atoms in total. The first-order valence-electron chi connectivity index (χ1n) is 5.89. The Bertz CT molecular complexity index is 453. The lowest BCUT2D eigenvalue weighted by molar-refractivity contribution is -0.137. The summed E-state index contributed by atoms with van der Waals surface area (Å²) in [6.45, 7) is 6.36. The molecule has 0 aromatic carbocycles. The van der Waals surface area contributed by atoms with Gasteiger partial charge in [0.25, 0.3) is 0 Å². The van der Waals surface area contributed by atoms with Gasteiger partial charge in [-0.3, -0.25) is 10.1 Å². The van der Waals surface area contributed by atoms with Crippen molar-refractivity contribution in [3.8, 4) is 0 Å². The van der Waals surface area contributed by atoms with Gasteiger partial charge in [-0.05, 0) is 6.42 Å². The van der Waals surface area contributed by atoms with E-state index in [1.165, 1.54) is 11.3 Å². The second kappa shape index (κ2) is 6.46. The normalized spacial score (nSPS) is 11.1. The van der Waals surface area contributed by atoms with Gasteiger partial charge < -0.3 is 10.4 Å². The van der Waals surface area contributed by atoms with Gasteiger partial charge in [-0.1, -0.05) is 32.1 Å². The number of hydrogen-bond acceptors (Lipinski definition) is 5. The number of nitrogens with one attached hydrogen (secondary N) is 2. The Hall–Kier alpha value is -1.70. The molecule has 0 bridgehead atoms. The first-order valence-corrected chi connectivity index (χ1v) is 6.71. The molecule has 1 aromatic rings. The van der Waals surface area contributed by atoms with Crippen LogP contribution in [0.3, 0.4) is 0 Å². The van der Waals surface area contributed by atoms with Gasteiger partial charge >= 0.3 is 12.0 Å². The Morgan fingerprint density at radius 3 is 2.53 bits per heavy atom. The zero-order valence-corrected chi connectivity index (χ0v) is 12.0. The summed E-state index contributed by atoms with van der Waals surface area (Å²) >= 11 is 1.32. The van der Waals surface area contributed by atoms with Crippen LogP contribution in [-0.2, 0) is 10.2 Å². The highest BCUT2D eigenvalue weighted by molar-refractivity contribution is 7.15. The van der Waals surface area contributed by atoms with Gasteiger partial charge in [0.2, 0.25) is 5.13 Å². The fourth-order valence-corrected chi connectivity index (χ4v) is 1.96. The first-order chi connectivity index (χ1) is 8.79. The predicted molar refractivity (Wildman–Crippen MR) is 72.5 cm³/mol. The standard InChI is InChI=1S/C11H18N4O3S/c1-11(2,3)8-14-15-10(19-8)13-9(18)12-6-4-5-7(16)17/h4-6H2,1-3H3,(H,16,17)(H2,12,13,15,18). The van der Waals surface area contributed by atoms with Gasteiger partial charge in [0.1, 0.15) is 5.01 Å². The summed E-state index contributed by atoms with van der Waals surface area (Å²) in [5.41, 5.74) is -0.102. The van der Waals surface area contributed by atoms with Crippen LogP contribution in [0.25, 0.3) is 0 Å². The molecule has 106 valence electrons. The first kappa shape index (κ1) is 15.4. The molecule has 0 atom stereocenters. The van der Waals surface area contributed by atoms with Gasteiger partial charge in [0.05, 0.1) is 0 Å². The summed E-state index contributed by atoms with van der Waals surface area (Å²) in [6.07, 6.45) is 0.430. The smallest absolute Gasteiger partial charge is 0.321 e. The van der Waals surface area contributed by atoms with Gasteiger partial charge in [-0.2, -0.15) is 0 Å². The second-order valence-electron chi connectivity index (χ2n) is 5.04. The second-order valence-corrected chi connectivity index (χ2v) is 6.02. The van der Waals surface area contributed by atoms with E-state index >= 15 is 0 Å². The van der Waals surface area contributed by atoms with E-state index in [-0.39, 0.29) is 11.8 Å². The predicted octanol–water partition coefficient (Wildman–Crippen LogP) is 1.82. The molecule has 1 aromatic heterocycles. The van der Waals surface area contributed by atoms with Crippen LogP contribution in [0.15, 0.2) is 0 Å². The van der Waals surface area contributed by atoms with Crippen LogP contribution >= 0.6 is 11.3 Å². The van der Waals surface area contributed by atoms with E-state index in [9.17, 15) is 9.59 Å². The lowest BCUT2D eigenvalue weighted by atomic mass is 9.98. The fourth-order valence-electron chi connectivity index (χ4n) is 1.16. The molecule has 19 heavy (non-hydrogen) atoms. The molecule has 0 aliphatic heterocycles. The van der Waals surface area contributed by atoms with Crippen molar-refractivity contribution in [2.24, 2.45) is 0 Å². The van der Waals surface area contributed by atoms with E-state index < -0.39 is 12.0 Å². The molecular weight excluding hydrogens is 268 g/mol. The molecule has 0 radical (unpaired) electrons. The van der Waals surface area contributed by atoms with E-state index in [0.717, 1.165) is 5.01 Å². The molecule has 8 heteroatoms. The zero-order valence-electron chi connectivity index (χ0n) is 11.2. The molecule has 2 amide bonds. The van der Waals surface area contributed by atoms with E-state index in [1.54, 1.807) is 0 Å². The number of amides is 2. The third kappa shape index (κ3) is 5.64. The molecule has 1 rings (SSSR count). The van der Waals surface area contributed by atoms with E-state index in [2.05, 4.69) is 20.8 Å². The zero-order chi connectivity index (χ0) is 14.5. The lowest BCUT2D eigenvalue weighted by Gasteiger charge is -2.12. The molecule has 0 spiro atoms. The van der Waals surface area contributed by atoms with Crippen molar-refractivity contribution in [1.29, 1.82) is 0 Å². The highest BCUT2D eigenvalue weighted by atomic mass is 32.1. The average Bonchev–Trinajstić information content (AvgIpc) is 2.72. The molecule has 0 aliphatic rings. The van der Waals surface area contributed by atoms with Gasteiger partial charge in [-0.25, -0.2) is 4.79 Å². The van der Waals surface area contributed by atoms with Crippen LogP contribution in [0, 0.1) is 0 Å². The Morgan fingerprint density at radius 2 is 2.00 bits per heavy atom. The Labute approximate surface area is 115 Å². The number of carbonyl (C=O) groups is 2. The van der Waals surface area contributed by atoms with Crippen molar-refractivity contribution in [1.82, 2.24) is 15.5 Å². The number of carboxylic acid groups (broad SMARTS) is 1. The molecule has 0 fully saturated rings. The third-order valence-electron chi connectivity index (χ3n) is 2.14. The van der Waals surface area contributed by atoms with Crippen molar-refractivity contribution in [3.63, 3.8) is 0 Å². The maximum atomic E-state index is 11.5. The Kier molecular flexibility index (Phi) is 5.22. The summed E-state index contributed by atoms with van der Waals surface area (Å²) in [5.74, 6) is -0.874. The SMILES string of the molecule is CC(C)(C)c1nnc(NC(=O)NCCCC(=O)O)s1. The van der Waals surface area contributed by atoms with Crippen LogP contribution in [0.4, 0.5) is 9.93 Å². The minimum Gasteiger partial charge on any atom is -0.481 e. The number of carbonyl (C=O) groups excluding carboxylic acids is 1. The van der Waals surface area contributed by atoms with Crippen molar-refractivity contribution in [2.75, 3.05) is 11.9 Å². The highest BCUT2D eigenvalue weighted by Crippen LogP contribution is 2.27. The number of urea groups is 1. The number of aromatic nitrogens is 2. The highest BCUT2D eigenvalue weighted by Gasteiger charge is 2.19. The number of hydrogen-bond donors (Lipinski definition) is 3. The number of nitrogens with zero attached hydrogens (tertiary/aromatic N) is 2. The minimum atomic E-state index is -0.874. The van der Waals surface area contributed by atoms with Crippen molar-refractivity contribution < 1.29 is 14.7 Å². The van der Waals surface area contributed by atoms with E-state index in [0.29, 0.717) is 18.1 Å². The summed E-state index contributed by atoms with van der Waals surface area (Å²) in [5, 5.41) is 22.7. The quantitative estimate of drug-likeness (QED) is 0.716. The van der Waals surface area contributed by atoms with Gasteiger partial charge in [-0.15, -0.1) is 10.2 Å². The molecular formula is C11H18N4O3S. The summed E-state index contributed by atoms with van der Waals surface area (Å²) in [4.78, 5) is 21.8. The molecule has 0 aliphatic carbocycles. The largest absolute Gasteiger partial charge is 0.481 e. The van der Waals surface area contributed by atoms with Crippen LogP contribution in [0.1, 0.15) is 38.6 Å². The monoisotopic (exact) mass is 286 g/mol. The van der Waals surface area contributed by atoms with Crippen molar-refractivity contribution >= 4 is 28.5 Å². The Morgan fingerprint density at radius 1 is 1.32 bits per heavy atom. The number of anilines is 1. The summed E-state index contributed by atoms with van der Waals surface area (Å²) in [7, 11) is 0. The maximum absolute atomic E-state index is 11.5. The molecule has 0 saturated carbocycles. The van der Waals surface area contributed by atoms with Crippen molar-refractivity contribution in [3.05, 3.63) is 5.01 Å². The summed E-state index contributed by atoms with van der Waals surface area (Å²) < 4.78 is 0. The van der Waals surface area contributed by atoms with Crippen LogP contribution < -0.4 is 10.6 Å². The topological polar surface area (TPSA) is 104 Å². The van der Waals surface area contributed by atoms with Crippen LogP contribution in [0.5, 0.6) is 0 Å². The Balaban J connectivity index is 2.36. The fraction of sp³-hybridized carbons (Fsp3) is 0.636. The van der Waals surface area contributed by atoms with E-state index in [4.69, 9.17) is 5.11 Å². The average molecular weight is 286 g/mol. The number of carboxylic acids is 1. The van der Waals surface area contributed by atoms with Gasteiger partial charge in [0.15, 0.2) is 0 Å². The van der Waals surface area contributed by atoms with Crippen LogP contribution in [-0.4, -0.2) is 33.8 Å². The molecule has 0 saturated heterocycles. The maximum Gasteiger partial charge on any atom is 0.321 e. The molecule has 0 unspecified atom stereocenters. The van der Waals surface area contributed by atoms with Gasteiger partial charge in [0, 0.05) is 18.4 Å². The van der Waals surface area contributed by atoms with Crippen molar-refractivity contribution in [2.45, 2.75) is 39.0 Å².